The first-order valence-electron chi connectivity index (χ1n) is 4.92. The molecule has 74 valence electrons. The normalized spacial score (nSPS) is 26.0. The topological polar surface area (TPSA) is 53.6 Å². The molecule has 0 radical (unpaired) electrons. The van der Waals surface area contributed by atoms with Crippen molar-refractivity contribution in [3.63, 3.8) is 0 Å². The largest absolute Gasteiger partial charge is 0.380 e. The Balaban J connectivity index is 1.91. The van der Waals surface area contributed by atoms with E-state index in [1.165, 1.54) is 0 Å². The van der Waals surface area contributed by atoms with E-state index in [1.54, 1.807) is 4.68 Å². The Labute approximate surface area is 83.5 Å². The smallest absolute Gasteiger partial charge is 0.0728 e. The van der Waals surface area contributed by atoms with Crippen LogP contribution in [0.25, 0.3) is 0 Å². The molecule has 1 aliphatic carbocycles. The van der Waals surface area contributed by atoms with E-state index in [0.717, 1.165) is 24.9 Å². The Morgan fingerprint density at radius 2 is 2.50 bits per heavy atom. The molecule has 1 aromatic heterocycles. The van der Waals surface area contributed by atoms with Gasteiger partial charge in [0.2, 0.25) is 0 Å². The molecule has 2 unspecified atom stereocenters. The van der Waals surface area contributed by atoms with Crippen LogP contribution in [0.5, 0.6) is 0 Å². The standard InChI is InChI=1S/C10H14N4/c1-14-7-10(6-12-14)13-9-3-2-8(4-9)5-11/h6-9,13H,2-4H2,1H3. The number of nitriles is 1. The van der Waals surface area contributed by atoms with E-state index in [4.69, 9.17) is 5.26 Å². The minimum absolute atomic E-state index is 0.240. The highest BCUT2D eigenvalue weighted by atomic mass is 15.3. The predicted molar refractivity (Wildman–Crippen MR) is 53.6 cm³/mol. The third-order valence-electron chi connectivity index (χ3n) is 2.69. The number of nitrogens with zero attached hydrogens (tertiary/aromatic N) is 3. The lowest BCUT2D eigenvalue weighted by molar-refractivity contribution is 0.683. The van der Waals surface area contributed by atoms with Gasteiger partial charge in [-0.05, 0) is 19.3 Å². The van der Waals surface area contributed by atoms with Crippen LogP contribution in [0.4, 0.5) is 5.69 Å². The van der Waals surface area contributed by atoms with Gasteiger partial charge in [0, 0.05) is 25.2 Å². The SMILES string of the molecule is Cn1cc(NC2CCC(C#N)C2)cn1. The summed E-state index contributed by atoms with van der Waals surface area (Å²) in [5.41, 5.74) is 1.05. The molecule has 4 heteroatoms. The van der Waals surface area contributed by atoms with Crippen molar-refractivity contribution in [2.24, 2.45) is 13.0 Å². The third-order valence-corrected chi connectivity index (χ3v) is 2.69. The van der Waals surface area contributed by atoms with Crippen LogP contribution in [0.3, 0.4) is 0 Å². The molecule has 1 heterocycles. The summed E-state index contributed by atoms with van der Waals surface area (Å²) < 4.78 is 1.78. The molecule has 2 atom stereocenters. The molecule has 1 N–H and O–H groups in total. The summed E-state index contributed by atoms with van der Waals surface area (Å²) in [6.45, 7) is 0. The molecule has 1 fully saturated rings. The lowest BCUT2D eigenvalue weighted by Crippen LogP contribution is -2.14. The second-order valence-electron chi connectivity index (χ2n) is 3.88. The Hall–Kier alpha value is -1.50. The van der Waals surface area contributed by atoms with E-state index in [1.807, 2.05) is 19.4 Å². The number of hydrogen-bond donors (Lipinski definition) is 1. The van der Waals surface area contributed by atoms with Crippen molar-refractivity contribution >= 4 is 5.69 Å². The molecule has 0 bridgehead atoms. The predicted octanol–water partition coefficient (Wildman–Crippen LogP) is 1.52. The van der Waals surface area contributed by atoms with Crippen molar-refractivity contribution in [1.29, 1.82) is 5.26 Å². The highest BCUT2D eigenvalue weighted by Gasteiger charge is 2.24. The lowest BCUT2D eigenvalue weighted by Gasteiger charge is -2.10. The van der Waals surface area contributed by atoms with Gasteiger partial charge in [-0.25, -0.2) is 0 Å². The maximum Gasteiger partial charge on any atom is 0.0728 e. The van der Waals surface area contributed by atoms with Crippen LogP contribution >= 0.6 is 0 Å². The van der Waals surface area contributed by atoms with Crippen LogP contribution < -0.4 is 5.32 Å². The first kappa shape index (κ1) is 9.07. The summed E-state index contributed by atoms with van der Waals surface area (Å²) in [4.78, 5) is 0. The van der Waals surface area contributed by atoms with Crippen molar-refractivity contribution < 1.29 is 0 Å². The van der Waals surface area contributed by atoms with Gasteiger partial charge in [0.25, 0.3) is 0 Å². The highest BCUT2D eigenvalue weighted by molar-refractivity contribution is 5.39. The zero-order chi connectivity index (χ0) is 9.97. The molecule has 0 amide bonds. The van der Waals surface area contributed by atoms with Crippen molar-refractivity contribution in [3.05, 3.63) is 12.4 Å². The number of aryl methyl sites for hydroxylation is 1. The van der Waals surface area contributed by atoms with Gasteiger partial charge in [-0.1, -0.05) is 0 Å². The van der Waals surface area contributed by atoms with Crippen LogP contribution in [0.2, 0.25) is 0 Å². The van der Waals surface area contributed by atoms with E-state index < -0.39 is 0 Å². The average Bonchev–Trinajstić information content (AvgIpc) is 2.76. The van der Waals surface area contributed by atoms with Crippen molar-refractivity contribution in [2.75, 3.05) is 5.32 Å². The molecule has 0 aliphatic heterocycles. The third kappa shape index (κ3) is 1.87. The number of rotatable bonds is 2. The molecule has 0 aromatic carbocycles. The maximum atomic E-state index is 8.76. The molecule has 14 heavy (non-hydrogen) atoms. The molecular formula is C10H14N4. The summed E-state index contributed by atoms with van der Waals surface area (Å²) in [5.74, 6) is 0.240. The molecule has 0 spiro atoms. The number of hydrogen-bond acceptors (Lipinski definition) is 3. The van der Waals surface area contributed by atoms with E-state index >= 15 is 0 Å². The van der Waals surface area contributed by atoms with Gasteiger partial charge in [-0.3, -0.25) is 4.68 Å². The summed E-state index contributed by atoms with van der Waals surface area (Å²) in [6, 6.07) is 2.77. The Bertz CT molecular complexity index is 349. The second-order valence-corrected chi connectivity index (χ2v) is 3.88. The molecule has 4 nitrogen and oxygen atoms in total. The lowest BCUT2D eigenvalue weighted by atomic mass is 10.1. The first-order valence-corrected chi connectivity index (χ1v) is 4.92. The highest BCUT2D eigenvalue weighted by Crippen LogP contribution is 2.27. The van der Waals surface area contributed by atoms with Crippen LogP contribution in [-0.4, -0.2) is 15.8 Å². The van der Waals surface area contributed by atoms with Crippen molar-refractivity contribution in [3.8, 4) is 6.07 Å². The fraction of sp³-hybridized carbons (Fsp3) is 0.600. The summed E-state index contributed by atoms with van der Waals surface area (Å²) in [6.07, 6.45) is 6.85. The van der Waals surface area contributed by atoms with Crippen molar-refractivity contribution in [2.45, 2.75) is 25.3 Å². The van der Waals surface area contributed by atoms with Crippen molar-refractivity contribution in [1.82, 2.24) is 9.78 Å². The average molecular weight is 190 g/mol. The molecular weight excluding hydrogens is 176 g/mol. The Morgan fingerprint density at radius 1 is 1.64 bits per heavy atom. The molecule has 1 aliphatic rings. The summed E-state index contributed by atoms with van der Waals surface area (Å²) >= 11 is 0. The van der Waals surface area contributed by atoms with Gasteiger partial charge in [-0.15, -0.1) is 0 Å². The minimum atomic E-state index is 0.240. The fourth-order valence-corrected chi connectivity index (χ4v) is 1.96. The van der Waals surface area contributed by atoms with E-state index in [2.05, 4.69) is 16.5 Å². The summed E-state index contributed by atoms with van der Waals surface area (Å²) in [5, 5.41) is 16.2. The molecule has 2 rings (SSSR count). The van der Waals surface area contributed by atoms with Gasteiger partial charge < -0.3 is 5.32 Å². The molecule has 0 saturated heterocycles. The van der Waals surface area contributed by atoms with Crippen LogP contribution in [0, 0.1) is 17.2 Å². The van der Waals surface area contributed by atoms with E-state index in [0.29, 0.717) is 6.04 Å². The first-order chi connectivity index (χ1) is 6.78. The number of nitrogens with one attached hydrogen (secondary N) is 1. The zero-order valence-electron chi connectivity index (χ0n) is 8.27. The van der Waals surface area contributed by atoms with Crippen LogP contribution in [0.15, 0.2) is 12.4 Å². The minimum Gasteiger partial charge on any atom is -0.380 e. The molecule has 1 aromatic rings. The Morgan fingerprint density at radius 3 is 3.07 bits per heavy atom. The quantitative estimate of drug-likeness (QED) is 0.769. The number of anilines is 1. The van der Waals surface area contributed by atoms with E-state index in [9.17, 15) is 0 Å². The second kappa shape index (κ2) is 3.70. The van der Waals surface area contributed by atoms with Gasteiger partial charge in [0.1, 0.15) is 0 Å². The Kier molecular flexibility index (Phi) is 2.40. The molecule has 1 saturated carbocycles. The van der Waals surface area contributed by atoms with Gasteiger partial charge in [-0.2, -0.15) is 10.4 Å². The maximum absolute atomic E-state index is 8.76. The van der Waals surface area contributed by atoms with Crippen LogP contribution in [-0.2, 0) is 7.05 Å². The van der Waals surface area contributed by atoms with Gasteiger partial charge in [0.05, 0.1) is 18.0 Å². The van der Waals surface area contributed by atoms with E-state index in [-0.39, 0.29) is 5.92 Å². The number of aromatic nitrogens is 2. The fourth-order valence-electron chi connectivity index (χ4n) is 1.96. The van der Waals surface area contributed by atoms with Gasteiger partial charge >= 0.3 is 0 Å². The van der Waals surface area contributed by atoms with Gasteiger partial charge in [0.15, 0.2) is 0 Å². The zero-order valence-corrected chi connectivity index (χ0v) is 8.27. The monoisotopic (exact) mass is 190 g/mol. The van der Waals surface area contributed by atoms with Crippen LogP contribution in [0.1, 0.15) is 19.3 Å². The summed E-state index contributed by atoms with van der Waals surface area (Å²) in [7, 11) is 1.90.